The standard InChI is InChI=1S/C19H24F2N2O3S/c20-13-4-5-14(16(21)10-13)15-6-7-17(15)22-19(24)23-8-9-27(25,26)11-18(23)12-2-1-3-12/h4-5,10,12,15,17-18H,1-3,6-9,11H2,(H,22,24)/t15-,17-,18?/m0/s1. The molecule has 8 heteroatoms. The molecule has 1 saturated heterocycles. The first kappa shape index (κ1) is 18.7. The highest BCUT2D eigenvalue weighted by atomic mass is 32.2. The van der Waals surface area contributed by atoms with E-state index in [9.17, 15) is 22.0 Å². The van der Waals surface area contributed by atoms with Crippen molar-refractivity contribution in [3.05, 3.63) is 35.4 Å². The van der Waals surface area contributed by atoms with E-state index in [-0.39, 0.29) is 48.0 Å². The number of sulfone groups is 1. The fourth-order valence-corrected chi connectivity index (χ4v) is 6.01. The summed E-state index contributed by atoms with van der Waals surface area (Å²) in [6.45, 7) is 0.206. The molecule has 2 aliphatic carbocycles. The SMILES string of the molecule is O=C(N[C@H]1CC[C@H]1c1ccc(F)cc1F)N1CCS(=O)(=O)CC1C1CCC1. The predicted molar refractivity (Wildman–Crippen MR) is 97.1 cm³/mol. The monoisotopic (exact) mass is 398 g/mol. The zero-order valence-electron chi connectivity index (χ0n) is 15.0. The van der Waals surface area contributed by atoms with Crippen molar-refractivity contribution >= 4 is 15.9 Å². The maximum atomic E-state index is 14.1. The van der Waals surface area contributed by atoms with Gasteiger partial charge in [0.1, 0.15) is 11.6 Å². The number of benzene rings is 1. The lowest BCUT2D eigenvalue weighted by Crippen LogP contribution is -2.60. The summed E-state index contributed by atoms with van der Waals surface area (Å²) in [6, 6.07) is 2.81. The molecule has 1 unspecified atom stereocenters. The number of halogens is 2. The molecular formula is C19H24F2N2O3S. The second kappa shape index (κ2) is 7.04. The summed E-state index contributed by atoms with van der Waals surface area (Å²) in [5, 5.41) is 2.97. The van der Waals surface area contributed by atoms with Crippen LogP contribution in [0.15, 0.2) is 18.2 Å². The molecule has 4 rings (SSSR count). The quantitative estimate of drug-likeness (QED) is 0.852. The number of nitrogens with one attached hydrogen (secondary N) is 1. The first-order chi connectivity index (χ1) is 12.8. The Hall–Kier alpha value is -1.70. The zero-order valence-corrected chi connectivity index (χ0v) is 15.9. The van der Waals surface area contributed by atoms with E-state index in [2.05, 4.69) is 5.32 Å². The molecule has 1 aromatic carbocycles. The Morgan fingerprint density at radius 1 is 1.15 bits per heavy atom. The van der Waals surface area contributed by atoms with Gasteiger partial charge < -0.3 is 10.2 Å². The van der Waals surface area contributed by atoms with Crippen LogP contribution < -0.4 is 5.32 Å². The molecule has 0 aromatic heterocycles. The van der Waals surface area contributed by atoms with Gasteiger partial charge in [0.15, 0.2) is 9.84 Å². The van der Waals surface area contributed by atoms with E-state index in [0.717, 1.165) is 38.2 Å². The van der Waals surface area contributed by atoms with E-state index >= 15 is 0 Å². The minimum absolute atomic E-state index is 0.00960. The maximum absolute atomic E-state index is 14.1. The topological polar surface area (TPSA) is 66.5 Å². The maximum Gasteiger partial charge on any atom is 0.317 e. The zero-order chi connectivity index (χ0) is 19.2. The Morgan fingerprint density at radius 3 is 2.52 bits per heavy atom. The van der Waals surface area contributed by atoms with Gasteiger partial charge >= 0.3 is 6.03 Å². The minimum atomic E-state index is -3.11. The van der Waals surface area contributed by atoms with E-state index in [1.165, 1.54) is 12.1 Å². The highest BCUT2D eigenvalue weighted by Crippen LogP contribution is 2.39. The lowest BCUT2D eigenvalue weighted by Gasteiger charge is -2.45. The van der Waals surface area contributed by atoms with Gasteiger partial charge in [-0.2, -0.15) is 0 Å². The predicted octanol–water partition coefficient (Wildman–Crippen LogP) is 2.82. The van der Waals surface area contributed by atoms with E-state index in [1.54, 1.807) is 4.90 Å². The van der Waals surface area contributed by atoms with Crippen LogP contribution in [-0.2, 0) is 9.84 Å². The van der Waals surface area contributed by atoms with Crippen LogP contribution in [0.5, 0.6) is 0 Å². The Balaban J connectivity index is 1.45. The van der Waals surface area contributed by atoms with Crippen LogP contribution in [-0.4, -0.2) is 49.5 Å². The van der Waals surface area contributed by atoms with Crippen molar-refractivity contribution in [1.82, 2.24) is 10.2 Å². The van der Waals surface area contributed by atoms with Gasteiger partial charge in [0.25, 0.3) is 0 Å². The molecule has 2 saturated carbocycles. The lowest BCUT2D eigenvalue weighted by atomic mass is 9.75. The summed E-state index contributed by atoms with van der Waals surface area (Å²) in [5.41, 5.74) is 0.421. The fraction of sp³-hybridized carbons (Fsp3) is 0.632. The Morgan fingerprint density at radius 2 is 1.93 bits per heavy atom. The third-order valence-electron chi connectivity index (χ3n) is 6.37. The van der Waals surface area contributed by atoms with Crippen molar-refractivity contribution in [2.75, 3.05) is 18.1 Å². The number of urea groups is 1. The molecule has 27 heavy (non-hydrogen) atoms. The van der Waals surface area contributed by atoms with Gasteiger partial charge in [-0.3, -0.25) is 0 Å². The van der Waals surface area contributed by atoms with Gasteiger partial charge in [0.2, 0.25) is 0 Å². The number of carbonyl (C=O) groups is 1. The van der Waals surface area contributed by atoms with Crippen LogP contribution in [0.4, 0.5) is 13.6 Å². The molecular weight excluding hydrogens is 374 g/mol. The molecule has 3 atom stereocenters. The van der Waals surface area contributed by atoms with E-state index in [4.69, 9.17) is 0 Å². The molecule has 148 valence electrons. The highest BCUT2D eigenvalue weighted by Gasteiger charge is 2.42. The molecule has 0 bridgehead atoms. The van der Waals surface area contributed by atoms with Crippen LogP contribution in [0.25, 0.3) is 0 Å². The summed E-state index contributed by atoms with van der Waals surface area (Å²) in [6.07, 6.45) is 4.44. The van der Waals surface area contributed by atoms with Crippen LogP contribution in [0.2, 0.25) is 0 Å². The van der Waals surface area contributed by atoms with Crippen molar-refractivity contribution in [2.24, 2.45) is 5.92 Å². The average molecular weight is 398 g/mol. The highest BCUT2D eigenvalue weighted by molar-refractivity contribution is 7.91. The van der Waals surface area contributed by atoms with Gasteiger partial charge in [-0.25, -0.2) is 22.0 Å². The van der Waals surface area contributed by atoms with Crippen molar-refractivity contribution in [3.63, 3.8) is 0 Å². The number of nitrogens with zero attached hydrogens (tertiary/aromatic N) is 1. The van der Waals surface area contributed by atoms with Gasteiger partial charge in [-0.1, -0.05) is 12.5 Å². The third-order valence-corrected chi connectivity index (χ3v) is 8.02. The van der Waals surface area contributed by atoms with Crippen LogP contribution in [0, 0.1) is 17.6 Å². The minimum Gasteiger partial charge on any atom is -0.335 e. The molecule has 1 aromatic rings. The summed E-state index contributed by atoms with van der Waals surface area (Å²) in [5.74, 6) is -1.11. The van der Waals surface area contributed by atoms with Gasteiger partial charge in [0, 0.05) is 24.6 Å². The third kappa shape index (κ3) is 3.68. The molecule has 2 amide bonds. The number of amides is 2. The lowest BCUT2D eigenvalue weighted by molar-refractivity contribution is 0.116. The number of hydrogen-bond donors (Lipinski definition) is 1. The second-order valence-corrected chi connectivity index (χ2v) is 10.2. The van der Waals surface area contributed by atoms with E-state index in [0.29, 0.717) is 5.56 Å². The van der Waals surface area contributed by atoms with Crippen LogP contribution >= 0.6 is 0 Å². The van der Waals surface area contributed by atoms with Crippen molar-refractivity contribution < 1.29 is 22.0 Å². The Kier molecular flexibility index (Phi) is 4.86. The normalized spacial score (nSPS) is 30.3. The smallest absolute Gasteiger partial charge is 0.317 e. The van der Waals surface area contributed by atoms with Gasteiger partial charge in [-0.15, -0.1) is 0 Å². The van der Waals surface area contributed by atoms with E-state index < -0.39 is 21.5 Å². The average Bonchev–Trinajstić information content (AvgIpc) is 2.51. The summed E-state index contributed by atoms with van der Waals surface area (Å²) in [4.78, 5) is 14.5. The Bertz CT molecular complexity index is 841. The number of rotatable bonds is 3. The molecule has 1 N–H and O–H groups in total. The van der Waals surface area contributed by atoms with E-state index in [1.807, 2.05) is 0 Å². The summed E-state index contributed by atoms with van der Waals surface area (Å²) >= 11 is 0. The fourth-order valence-electron chi connectivity index (χ4n) is 4.39. The number of carbonyl (C=O) groups excluding carboxylic acids is 1. The molecule has 0 spiro atoms. The summed E-state index contributed by atoms with van der Waals surface area (Å²) < 4.78 is 51.3. The molecule has 3 fully saturated rings. The summed E-state index contributed by atoms with van der Waals surface area (Å²) in [7, 11) is -3.11. The van der Waals surface area contributed by atoms with Crippen molar-refractivity contribution in [3.8, 4) is 0 Å². The molecule has 5 nitrogen and oxygen atoms in total. The van der Waals surface area contributed by atoms with Gasteiger partial charge in [0.05, 0.1) is 17.5 Å². The largest absolute Gasteiger partial charge is 0.335 e. The second-order valence-electron chi connectivity index (χ2n) is 7.97. The molecule has 3 aliphatic rings. The first-order valence-corrected chi connectivity index (χ1v) is 11.4. The van der Waals surface area contributed by atoms with Crippen LogP contribution in [0.3, 0.4) is 0 Å². The molecule has 1 heterocycles. The first-order valence-electron chi connectivity index (χ1n) is 9.56. The van der Waals surface area contributed by atoms with Crippen molar-refractivity contribution in [2.45, 2.75) is 50.1 Å². The molecule has 0 radical (unpaired) electrons. The number of hydrogen-bond acceptors (Lipinski definition) is 3. The Labute approximate surface area is 158 Å². The molecule has 1 aliphatic heterocycles. The van der Waals surface area contributed by atoms with Crippen molar-refractivity contribution in [1.29, 1.82) is 0 Å². The van der Waals surface area contributed by atoms with Gasteiger partial charge in [-0.05, 0) is 43.2 Å². The van der Waals surface area contributed by atoms with Crippen LogP contribution in [0.1, 0.15) is 43.6 Å².